The van der Waals surface area contributed by atoms with Crippen LogP contribution in [0.25, 0.3) is 11.5 Å². The molecule has 0 saturated carbocycles. The lowest BCUT2D eigenvalue weighted by Gasteiger charge is -2.04. The molecule has 2 aromatic rings. The van der Waals surface area contributed by atoms with Gasteiger partial charge in [0.25, 0.3) is 0 Å². The summed E-state index contributed by atoms with van der Waals surface area (Å²) < 4.78 is 1.90. The largest absolute Gasteiger partial charge is 0.373 e. The lowest BCUT2D eigenvalue weighted by Crippen LogP contribution is -2.00. The fraction of sp³-hybridized carbons (Fsp3) is 0.182. The molecule has 0 fully saturated rings. The first-order valence-electron chi connectivity index (χ1n) is 4.99. The molecule has 0 bridgehead atoms. The van der Waals surface area contributed by atoms with Crippen LogP contribution in [0.3, 0.4) is 0 Å². The van der Waals surface area contributed by atoms with Gasteiger partial charge >= 0.3 is 0 Å². The molecule has 2 heterocycles. The molecule has 2 aromatic heterocycles. The Morgan fingerprint density at radius 1 is 1.50 bits per heavy atom. The monoisotopic (exact) mass is 215 g/mol. The van der Waals surface area contributed by atoms with Crippen molar-refractivity contribution in [3.63, 3.8) is 0 Å². The van der Waals surface area contributed by atoms with Gasteiger partial charge in [-0.15, -0.1) is 16.8 Å². The van der Waals surface area contributed by atoms with Crippen molar-refractivity contribution in [3.05, 3.63) is 37.2 Å². The second kappa shape index (κ2) is 4.57. The molecule has 0 aliphatic carbocycles. The highest BCUT2D eigenvalue weighted by molar-refractivity contribution is 5.53. The number of nitrogens with one attached hydrogen (secondary N) is 1. The summed E-state index contributed by atoms with van der Waals surface area (Å²) >= 11 is 0. The zero-order chi connectivity index (χ0) is 11.4. The minimum Gasteiger partial charge on any atom is -0.373 e. The Kier molecular flexibility index (Phi) is 2.95. The average molecular weight is 215 g/mol. The van der Waals surface area contributed by atoms with E-state index in [9.17, 15) is 0 Å². The smallest absolute Gasteiger partial charge is 0.182 e. The number of nitrogens with zero attached hydrogens (tertiary/aromatic N) is 4. The van der Waals surface area contributed by atoms with Gasteiger partial charge in [-0.25, -0.2) is 4.98 Å². The summed E-state index contributed by atoms with van der Waals surface area (Å²) in [5.74, 6) is 1.56. The van der Waals surface area contributed by atoms with Gasteiger partial charge in [0.1, 0.15) is 17.8 Å². The summed E-state index contributed by atoms with van der Waals surface area (Å²) in [7, 11) is 1.83. The first-order valence-corrected chi connectivity index (χ1v) is 4.99. The zero-order valence-electron chi connectivity index (χ0n) is 9.09. The summed E-state index contributed by atoms with van der Waals surface area (Å²) in [6, 6.07) is 5.74. The topological polar surface area (TPSA) is 55.6 Å². The second-order valence-electron chi connectivity index (χ2n) is 3.25. The summed E-state index contributed by atoms with van der Waals surface area (Å²) in [5.41, 5.74) is 0.797. The molecule has 0 aliphatic heterocycles. The van der Waals surface area contributed by atoms with Crippen LogP contribution in [-0.2, 0) is 6.54 Å². The molecule has 16 heavy (non-hydrogen) atoms. The standard InChI is InChI=1S/C11H13N5/c1-3-7-16-8-13-15-11(16)9-5-4-6-10(12-2)14-9/h3-6,8H,1,7H2,2H3,(H,12,14). The number of pyridine rings is 1. The Hall–Kier alpha value is -2.17. The minimum absolute atomic E-state index is 0.674. The Labute approximate surface area is 93.9 Å². The molecule has 0 aromatic carbocycles. The molecule has 2 rings (SSSR count). The third kappa shape index (κ3) is 1.93. The van der Waals surface area contributed by atoms with E-state index < -0.39 is 0 Å². The predicted octanol–water partition coefficient (Wildman–Crippen LogP) is 1.57. The third-order valence-electron chi connectivity index (χ3n) is 2.18. The van der Waals surface area contributed by atoms with Gasteiger partial charge in [-0.1, -0.05) is 12.1 Å². The van der Waals surface area contributed by atoms with Crippen LogP contribution < -0.4 is 5.32 Å². The van der Waals surface area contributed by atoms with E-state index in [2.05, 4.69) is 27.1 Å². The van der Waals surface area contributed by atoms with E-state index in [1.54, 1.807) is 12.4 Å². The molecular weight excluding hydrogens is 202 g/mol. The number of hydrogen-bond donors (Lipinski definition) is 1. The number of aromatic nitrogens is 4. The van der Waals surface area contributed by atoms with E-state index in [0.717, 1.165) is 17.3 Å². The van der Waals surface area contributed by atoms with Crippen LogP contribution in [0.1, 0.15) is 0 Å². The fourth-order valence-corrected chi connectivity index (χ4v) is 1.42. The highest BCUT2D eigenvalue weighted by Gasteiger charge is 2.07. The molecule has 0 amide bonds. The molecule has 0 saturated heterocycles. The second-order valence-corrected chi connectivity index (χ2v) is 3.25. The van der Waals surface area contributed by atoms with Crippen molar-refractivity contribution in [2.24, 2.45) is 0 Å². The molecule has 0 atom stereocenters. The van der Waals surface area contributed by atoms with Gasteiger partial charge in [-0.2, -0.15) is 0 Å². The van der Waals surface area contributed by atoms with Crippen LogP contribution in [0.15, 0.2) is 37.2 Å². The van der Waals surface area contributed by atoms with Gasteiger partial charge in [0, 0.05) is 13.6 Å². The first-order chi connectivity index (χ1) is 7.85. The number of rotatable bonds is 4. The molecule has 82 valence electrons. The van der Waals surface area contributed by atoms with E-state index >= 15 is 0 Å². The Bertz CT molecular complexity index is 489. The van der Waals surface area contributed by atoms with Gasteiger partial charge in [0.15, 0.2) is 5.82 Å². The molecule has 5 heteroatoms. The van der Waals surface area contributed by atoms with E-state index in [1.165, 1.54) is 0 Å². The number of anilines is 1. The van der Waals surface area contributed by atoms with Crippen LogP contribution in [0.4, 0.5) is 5.82 Å². The highest BCUT2D eigenvalue weighted by Crippen LogP contribution is 2.15. The summed E-state index contributed by atoms with van der Waals surface area (Å²) in [4.78, 5) is 4.41. The van der Waals surface area contributed by atoms with Gasteiger partial charge in [-0.05, 0) is 12.1 Å². The number of allylic oxidation sites excluding steroid dienone is 1. The minimum atomic E-state index is 0.674. The maximum atomic E-state index is 4.41. The summed E-state index contributed by atoms with van der Waals surface area (Å²) in [6.45, 7) is 4.37. The molecule has 0 spiro atoms. The Morgan fingerprint density at radius 2 is 2.38 bits per heavy atom. The maximum absolute atomic E-state index is 4.41. The van der Waals surface area contributed by atoms with E-state index in [1.807, 2.05) is 29.8 Å². The van der Waals surface area contributed by atoms with Crippen molar-refractivity contribution < 1.29 is 0 Å². The van der Waals surface area contributed by atoms with Crippen LogP contribution in [0, 0.1) is 0 Å². The quantitative estimate of drug-likeness (QED) is 0.786. The molecule has 0 unspecified atom stereocenters. The maximum Gasteiger partial charge on any atom is 0.182 e. The van der Waals surface area contributed by atoms with Gasteiger partial charge in [0.2, 0.25) is 0 Å². The predicted molar refractivity (Wildman–Crippen MR) is 63.0 cm³/mol. The summed E-state index contributed by atoms with van der Waals surface area (Å²) in [5, 5.41) is 10.9. The molecule has 0 aliphatic rings. The van der Waals surface area contributed by atoms with Crippen molar-refractivity contribution in [2.75, 3.05) is 12.4 Å². The average Bonchev–Trinajstić information content (AvgIpc) is 2.78. The van der Waals surface area contributed by atoms with E-state index in [0.29, 0.717) is 6.54 Å². The lowest BCUT2D eigenvalue weighted by atomic mass is 10.3. The van der Waals surface area contributed by atoms with Crippen molar-refractivity contribution in [1.82, 2.24) is 19.7 Å². The molecule has 1 N–H and O–H groups in total. The van der Waals surface area contributed by atoms with Crippen molar-refractivity contribution in [3.8, 4) is 11.5 Å². The Balaban J connectivity index is 2.41. The Morgan fingerprint density at radius 3 is 3.12 bits per heavy atom. The van der Waals surface area contributed by atoms with Crippen molar-refractivity contribution in [1.29, 1.82) is 0 Å². The van der Waals surface area contributed by atoms with E-state index in [-0.39, 0.29) is 0 Å². The van der Waals surface area contributed by atoms with Crippen molar-refractivity contribution in [2.45, 2.75) is 6.54 Å². The van der Waals surface area contributed by atoms with Gasteiger partial charge < -0.3 is 9.88 Å². The zero-order valence-corrected chi connectivity index (χ0v) is 9.09. The van der Waals surface area contributed by atoms with Crippen LogP contribution >= 0.6 is 0 Å². The fourth-order valence-electron chi connectivity index (χ4n) is 1.42. The summed E-state index contributed by atoms with van der Waals surface area (Å²) in [6.07, 6.45) is 3.47. The molecule has 5 nitrogen and oxygen atoms in total. The van der Waals surface area contributed by atoms with Gasteiger partial charge in [-0.3, -0.25) is 0 Å². The highest BCUT2D eigenvalue weighted by atomic mass is 15.3. The molecular formula is C11H13N5. The third-order valence-corrected chi connectivity index (χ3v) is 2.18. The number of hydrogen-bond acceptors (Lipinski definition) is 4. The first kappa shape index (κ1) is 10.4. The normalized spacial score (nSPS) is 10.1. The van der Waals surface area contributed by atoms with Crippen LogP contribution in [0.5, 0.6) is 0 Å². The molecule has 0 radical (unpaired) electrons. The van der Waals surface area contributed by atoms with Crippen LogP contribution in [-0.4, -0.2) is 26.8 Å². The van der Waals surface area contributed by atoms with Crippen LogP contribution in [0.2, 0.25) is 0 Å². The van der Waals surface area contributed by atoms with Crippen molar-refractivity contribution >= 4 is 5.82 Å². The lowest BCUT2D eigenvalue weighted by molar-refractivity contribution is 0.824. The van der Waals surface area contributed by atoms with E-state index in [4.69, 9.17) is 0 Å². The van der Waals surface area contributed by atoms with Gasteiger partial charge in [0.05, 0.1) is 0 Å². The SMILES string of the molecule is C=CCn1cnnc1-c1cccc(NC)n1.